The molecule has 0 bridgehead atoms. The van der Waals surface area contributed by atoms with Crippen LogP contribution in [0.3, 0.4) is 0 Å². The number of nitrogens with one attached hydrogen (secondary N) is 1. The molecule has 0 spiro atoms. The van der Waals surface area contributed by atoms with E-state index in [1.54, 1.807) is 0 Å². The van der Waals surface area contributed by atoms with Gasteiger partial charge in [-0.05, 0) is 25.7 Å². The van der Waals surface area contributed by atoms with Crippen molar-refractivity contribution in [3.05, 3.63) is 18.0 Å². The molecule has 2 atom stereocenters. The Morgan fingerprint density at radius 2 is 2.24 bits per heavy atom. The predicted octanol–water partition coefficient (Wildman–Crippen LogP) is 2.75. The van der Waals surface area contributed by atoms with Crippen LogP contribution in [0.15, 0.2) is 12.4 Å². The Morgan fingerprint density at radius 3 is 2.76 bits per heavy atom. The SMILES string of the molecule is CC(C)NC1(CO)CCCC(n2cc(C(F)(F)F)cn2)C1. The number of nitrogens with zero attached hydrogens (tertiary/aromatic N) is 2. The fourth-order valence-electron chi connectivity index (χ4n) is 3.17. The van der Waals surface area contributed by atoms with Crippen molar-refractivity contribution >= 4 is 0 Å². The minimum absolute atomic E-state index is 0.0188. The molecule has 0 radical (unpaired) electrons. The molecular formula is C14H22F3N3O. The molecule has 2 rings (SSSR count). The van der Waals surface area contributed by atoms with Gasteiger partial charge in [0.05, 0.1) is 24.4 Å². The van der Waals surface area contributed by atoms with Crippen LogP contribution >= 0.6 is 0 Å². The zero-order valence-corrected chi connectivity index (χ0v) is 12.3. The molecule has 1 aromatic heterocycles. The van der Waals surface area contributed by atoms with Crippen LogP contribution < -0.4 is 5.32 Å². The molecule has 120 valence electrons. The summed E-state index contributed by atoms with van der Waals surface area (Å²) in [6.45, 7) is 3.97. The van der Waals surface area contributed by atoms with Gasteiger partial charge < -0.3 is 10.4 Å². The van der Waals surface area contributed by atoms with E-state index in [0.717, 1.165) is 31.7 Å². The van der Waals surface area contributed by atoms with E-state index in [4.69, 9.17) is 0 Å². The van der Waals surface area contributed by atoms with Crippen molar-refractivity contribution in [3.63, 3.8) is 0 Å². The number of hydrogen-bond acceptors (Lipinski definition) is 3. The molecule has 0 amide bonds. The summed E-state index contributed by atoms with van der Waals surface area (Å²) in [4.78, 5) is 0. The lowest BCUT2D eigenvalue weighted by Gasteiger charge is -2.41. The molecule has 1 saturated carbocycles. The van der Waals surface area contributed by atoms with Crippen molar-refractivity contribution in [2.45, 2.75) is 63.3 Å². The molecule has 0 aliphatic heterocycles. The van der Waals surface area contributed by atoms with Crippen molar-refractivity contribution in [1.82, 2.24) is 15.1 Å². The van der Waals surface area contributed by atoms with Crippen LogP contribution in [-0.2, 0) is 6.18 Å². The summed E-state index contributed by atoms with van der Waals surface area (Å²) in [5.41, 5.74) is -1.15. The zero-order chi connectivity index (χ0) is 15.7. The van der Waals surface area contributed by atoms with Crippen LogP contribution in [0.5, 0.6) is 0 Å². The van der Waals surface area contributed by atoms with Gasteiger partial charge in [0.2, 0.25) is 0 Å². The molecule has 1 fully saturated rings. The van der Waals surface area contributed by atoms with E-state index < -0.39 is 17.3 Å². The number of alkyl halides is 3. The first-order valence-corrected chi connectivity index (χ1v) is 7.26. The monoisotopic (exact) mass is 305 g/mol. The lowest BCUT2D eigenvalue weighted by Crippen LogP contribution is -2.54. The Bertz CT molecular complexity index is 472. The average Bonchev–Trinajstić information content (AvgIpc) is 2.87. The molecular weight excluding hydrogens is 283 g/mol. The number of aliphatic hydroxyl groups is 1. The van der Waals surface area contributed by atoms with Gasteiger partial charge in [-0.15, -0.1) is 0 Å². The van der Waals surface area contributed by atoms with E-state index in [-0.39, 0.29) is 18.7 Å². The zero-order valence-electron chi connectivity index (χ0n) is 12.3. The second-order valence-corrected chi connectivity index (χ2v) is 6.19. The van der Waals surface area contributed by atoms with Gasteiger partial charge in [0.25, 0.3) is 0 Å². The minimum Gasteiger partial charge on any atom is -0.394 e. The molecule has 2 N–H and O–H groups in total. The lowest BCUT2D eigenvalue weighted by molar-refractivity contribution is -0.137. The summed E-state index contributed by atoms with van der Waals surface area (Å²) >= 11 is 0. The van der Waals surface area contributed by atoms with Gasteiger partial charge >= 0.3 is 6.18 Å². The van der Waals surface area contributed by atoms with Crippen molar-refractivity contribution in [2.75, 3.05) is 6.61 Å². The maximum absolute atomic E-state index is 12.7. The summed E-state index contributed by atoms with van der Waals surface area (Å²) in [7, 11) is 0. The Hall–Kier alpha value is -1.08. The smallest absolute Gasteiger partial charge is 0.394 e. The fraction of sp³-hybridized carbons (Fsp3) is 0.786. The Balaban J connectivity index is 2.15. The number of aliphatic hydroxyl groups excluding tert-OH is 1. The van der Waals surface area contributed by atoms with Gasteiger partial charge in [-0.1, -0.05) is 13.8 Å². The van der Waals surface area contributed by atoms with Crippen LogP contribution in [-0.4, -0.2) is 33.1 Å². The largest absolute Gasteiger partial charge is 0.419 e. The highest BCUT2D eigenvalue weighted by Gasteiger charge is 2.38. The van der Waals surface area contributed by atoms with Crippen LogP contribution in [0, 0.1) is 0 Å². The Kier molecular flexibility index (Phi) is 4.63. The van der Waals surface area contributed by atoms with Crippen molar-refractivity contribution in [2.24, 2.45) is 0 Å². The van der Waals surface area contributed by atoms with Gasteiger partial charge in [0.15, 0.2) is 0 Å². The molecule has 1 aliphatic rings. The first-order chi connectivity index (χ1) is 9.76. The second-order valence-electron chi connectivity index (χ2n) is 6.19. The third kappa shape index (κ3) is 3.77. The first kappa shape index (κ1) is 16.3. The molecule has 21 heavy (non-hydrogen) atoms. The molecule has 1 heterocycles. The van der Waals surface area contributed by atoms with Crippen molar-refractivity contribution < 1.29 is 18.3 Å². The maximum Gasteiger partial charge on any atom is 0.419 e. The van der Waals surface area contributed by atoms with Gasteiger partial charge in [0, 0.05) is 17.8 Å². The van der Waals surface area contributed by atoms with E-state index in [9.17, 15) is 18.3 Å². The van der Waals surface area contributed by atoms with E-state index >= 15 is 0 Å². The standard InChI is InChI=1S/C14H22F3N3O/c1-10(2)19-13(9-21)5-3-4-12(6-13)20-8-11(7-18-20)14(15,16)17/h7-8,10,12,19,21H,3-6,9H2,1-2H3. The van der Waals surface area contributed by atoms with Crippen LogP contribution in [0.25, 0.3) is 0 Å². The highest BCUT2D eigenvalue weighted by atomic mass is 19.4. The average molecular weight is 305 g/mol. The van der Waals surface area contributed by atoms with E-state index in [1.165, 1.54) is 4.68 Å². The van der Waals surface area contributed by atoms with Crippen molar-refractivity contribution in [1.29, 1.82) is 0 Å². The molecule has 4 nitrogen and oxygen atoms in total. The molecule has 1 aromatic rings. The molecule has 0 aromatic carbocycles. The number of aromatic nitrogens is 2. The summed E-state index contributed by atoms with van der Waals surface area (Å²) in [6, 6.07) is 0.0903. The molecule has 0 saturated heterocycles. The Morgan fingerprint density at radius 1 is 1.52 bits per heavy atom. The van der Waals surface area contributed by atoms with E-state index in [1.807, 2.05) is 13.8 Å². The third-order valence-electron chi connectivity index (χ3n) is 4.02. The van der Waals surface area contributed by atoms with Gasteiger partial charge in [-0.25, -0.2) is 0 Å². The predicted molar refractivity (Wildman–Crippen MR) is 72.8 cm³/mol. The normalized spacial score (nSPS) is 27.3. The van der Waals surface area contributed by atoms with Crippen LogP contribution in [0.1, 0.15) is 51.1 Å². The first-order valence-electron chi connectivity index (χ1n) is 7.26. The summed E-state index contributed by atoms with van der Waals surface area (Å²) in [5, 5.41) is 17.0. The number of hydrogen-bond donors (Lipinski definition) is 2. The molecule has 1 aliphatic carbocycles. The fourth-order valence-corrected chi connectivity index (χ4v) is 3.17. The van der Waals surface area contributed by atoms with E-state index in [0.29, 0.717) is 6.42 Å². The van der Waals surface area contributed by atoms with Crippen LogP contribution in [0.2, 0.25) is 0 Å². The summed E-state index contributed by atoms with van der Waals surface area (Å²) in [6.07, 6.45) is 0.606. The van der Waals surface area contributed by atoms with Crippen LogP contribution in [0.4, 0.5) is 13.2 Å². The molecule has 2 unspecified atom stereocenters. The number of halogens is 3. The molecule has 7 heteroatoms. The topological polar surface area (TPSA) is 50.1 Å². The highest BCUT2D eigenvalue weighted by molar-refractivity contribution is 5.09. The summed E-state index contributed by atoms with van der Waals surface area (Å²) in [5.74, 6) is 0. The minimum atomic E-state index is -4.36. The number of rotatable bonds is 4. The quantitative estimate of drug-likeness (QED) is 0.899. The highest BCUT2D eigenvalue weighted by Crippen LogP contribution is 2.37. The maximum atomic E-state index is 12.7. The third-order valence-corrected chi connectivity index (χ3v) is 4.02. The second kappa shape index (κ2) is 5.96. The van der Waals surface area contributed by atoms with E-state index in [2.05, 4.69) is 10.4 Å². The lowest BCUT2D eigenvalue weighted by atomic mass is 9.79. The van der Waals surface area contributed by atoms with Gasteiger partial charge in [-0.3, -0.25) is 4.68 Å². The van der Waals surface area contributed by atoms with Gasteiger partial charge in [0.1, 0.15) is 0 Å². The Labute approximate surface area is 122 Å². The summed E-state index contributed by atoms with van der Waals surface area (Å²) < 4.78 is 39.4. The van der Waals surface area contributed by atoms with Gasteiger partial charge in [-0.2, -0.15) is 18.3 Å². The van der Waals surface area contributed by atoms with Crippen molar-refractivity contribution in [3.8, 4) is 0 Å².